The van der Waals surface area contributed by atoms with E-state index in [1.54, 1.807) is 0 Å². The molecule has 1 amide bonds. The third kappa shape index (κ3) is 15.7. The van der Waals surface area contributed by atoms with E-state index in [2.05, 4.69) is 57.5 Å². The lowest BCUT2D eigenvalue weighted by Gasteiger charge is -2.38. The lowest BCUT2D eigenvalue weighted by Crippen LogP contribution is -2.51. The molecule has 1 heterocycles. The van der Waals surface area contributed by atoms with Gasteiger partial charge in [0.1, 0.15) is 12.3 Å². The number of amides is 1. The average Bonchev–Trinajstić information content (AvgIpc) is 2.92. The summed E-state index contributed by atoms with van der Waals surface area (Å²) in [5.74, 6) is -0.276. The number of hydrogen-bond donors (Lipinski definition) is 1. The van der Waals surface area contributed by atoms with E-state index in [0.29, 0.717) is 38.4 Å². The third-order valence-corrected chi connectivity index (χ3v) is 9.23. The predicted molar refractivity (Wildman–Crippen MR) is 187 cm³/mol. The summed E-state index contributed by atoms with van der Waals surface area (Å²) < 4.78 is 14.7. The minimum Gasteiger partial charge on any atom is -0.481 e. The van der Waals surface area contributed by atoms with Crippen molar-refractivity contribution in [2.45, 2.75) is 152 Å². The van der Waals surface area contributed by atoms with Crippen LogP contribution in [-0.4, -0.2) is 107 Å². The van der Waals surface area contributed by atoms with Crippen LogP contribution in [0.3, 0.4) is 0 Å². The van der Waals surface area contributed by atoms with Crippen LogP contribution in [0.2, 0.25) is 0 Å². The van der Waals surface area contributed by atoms with Crippen molar-refractivity contribution in [1.29, 1.82) is 0 Å². The number of carbonyl (C=O) groups is 3. The van der Waals surface area contributed by atoms with Gasteiger partial charge in [-0.3, -0.25) is 23.9 Å². The number of carboxylic acids is 1. The van der Waals surface area contributed by atoms with Gasteiger partial charge in [0.05, 0.1) is 44.1 Å². The maximum Gasteiger partial charge on any atom is 0.303 e. The van der Waals surface area contributed by atoms with Crippen LogP contribution in [0.4, 0.5) is 0 Å². The summed E-state index contributed by atoms with van der Waals surface area (Å²) in [7, 11) is 2.10. The molecule has 1 aliphatic rings. The second kappa shape index (κ2) is 17.4. The van der Waals surface area contributed by atoms with Gasteiger partial charge in [0, 0.05) is 49.6 Å². The second-order valence-electron chi connectivity index (χ2n) is 17.3. The van der Waals surface area contributed by atoms with Crippen LogP contribution >= 0.6 is 0 Å². The van der Waals surface area contributed by atoms with Crippen molar-refractivity contribution in [3.63, 3.8) is 0 Å². The zero-order valence-corrected chi connectivity index (χ0v) is 31.9. The van der Waals surface area contributed by atoms with Gasteiger partial charge in [0.25, 0.3) is 0 Å². The van der Waals surface area contributed by atoms with Crippen LogP contribution in [0.5, 0.6) is 0 Å². The number of likely N-dealkylation sites (tertiary alicyclic amines) is 1. The Morgan fingerprint density at radius 3 is 2.00 bits per heavy atom. The van der Waals surface area contributed by atoms with Crippen LogP contribution in [0.1, 0.15) is 134 Å². The van der Waals surface area contributed by atoms with Crippen molar-refractivity contribution in [3.8, 4) is 0 Å². The summed E-state index contributed by atoms with van der Waals surface area (Å²) in [6.07, 6.45) is 7.84. The molecule has 0 aromatic rings. The number of Topliss-reactive ketones (excluding diaryl/α,β-unsaturated/α-hetero) is 1. The maximum atomic E-state index is 13.3. The highest BCUT2D eigenvalue weighted by Gasteiger charge is 2.36. The zero-order valence-electron chi connectivity index (χ0n) is 31.9. The molecule has 0 atom stereocenters. The van der Waals surface area contributed by atoms with Gasteiger partial charge in [-0.2, -0.15) is 0 Å². The number of aliphatic carboxylic acids is 1. The number of carboxylic acid groups (broad SMARTS) is 1. The topological polar surface area (TPSA) is 99.4 Å². The van der Waals surface area contributed by atoms with E-state index in [4.69, 9.17) is 14.6 Å². The lowest BCUT2D eigenvalue weighted by atomic mass is 9.77. The summed E-state index contributed by atoms with van der Waals surface area (Å²) in [5, 5.41) is 9.05. The minimum atomic E-state index is -0.824. The monoisotopic (exact) mass is 653 g/mol. The van der Waals surface area contributed by atoms with Crippen molar-refractivity contribution in [2.75, 3.05) is 46.4 Å². The Balaban J connectivity index is 2.96. The Bertz CT molecular complexity index is 1020. The molecule has 268 valence electrons. The molecule has 1 fully saturated rings. The van der Waals surface area contributed by atoms with E-state index in [9.17, 15) is 14.4 Å². The molecule has 0 saturated carbocycles. The average molecular weight is 653 g/mol. The van der Waals surface area contributed by atoms with Gasteiger partial charge >= 0.3 is 5.97 Å². The smallest absolute Gasteiger partial charge is 0.303 e. The fraction of sp³-hybridized carbons (Fsp3) is 0.892. The molecule has 0 spiro atoms. The number of ketones is 1. The maximum absolute atomic E-state index is 13.3. The Kier molecular flexibility index (Phi) is 15.9. The quantitative estimate of drug-likeness (QED) is 0.0893. The molecule has 0 aromatic carbocycles. The van der Waals surface area contributed by atoms with Crippen LogP contribution in [0, 0.1) is 16.2 Å². The molecule has 0 radical (unpaired) electrons. The van der Waals surface area contributed by atoms with E-state index in [0.717, 1.165) is 51.7 Å². The number of rotatable bonds is 20. The Morgan fingerprint density at radius 1 is 0.891 bits per heavy atom. The van der Waals surface area contributed by atoms with Gasteiger partial charge in [-0.15, -0.1) is 0 Å². The molecule has 9 nitrogen and oxygen atoms in total. The van der Waals surface area contributed by atoms with E-state index < -0.39 is 17.2 Å². The number of carbonyl (C=O) groups excluding carboxylic acids is 2. The molecule has 0 bridgehead atoms. The Labute approximate surface area is 281 Å². The summed E-state index contributed by atoms with van der Waals surface area (Å²) in [4.78, 5) is 41.5. The Morgan fingerprint density at radius 2 is 1.48 bits per heavy atom. The van der Waals surface area contributed by atoms with Gasteiger partial charge in [0.15, 0.2) is 0 Å². The van der Waals surface area contributed by atoms with Gasteiger partial charge in [-0.1, -0.05) is 61.8 Å². The van der Waals surface area contributed by atoms with Gasteiger partial charge in [-0.05, 0) is 52.4 Å². The van der Waals surface area contributed by atoms with Gasteiger partial charge in [0.2, 0.25) is 12.2 Å². The normalized spacial score (nSPS) is 16.1. The Hall–Kier alpha value is -2.00. The van der Waals surface area contributed by atoms with Crippen molar-refractivity contribution in [2.24, 2.45) is 16.2 Å². The van der Waals surface area contributed by atoms with Gasteiger partial charge in [-0.25, -0.2) is 0 Å². The van der Waals surface area contributed by atoms with E-state index in [-0.39, 0.29) is 34.6 Å². The number of ether oxygens (including phenoxy) is 2. The summed E-state index contributed by atoms with van der Waals surface area (Å²) >= 11 is 0. The van der Waals surface area contributed by atoms with Crippen molar-refractivity contribution >= 4 is 24.0 Å². The fourth-order valence-corrected chi connectivity index (χ4v) is 5.79. The van der Waals surface area contributed by atoms with E-state index in [1.807, 2.05) is 53.4 Å². The van der Waals surface area contributed by atoms with Crippen molar-refractivity contribution in [3.05, 3.63) is 0 Å². The molecule has 46 heavy (non-hydrogen) atoms. The zero-order chi connectivity index (χ0) is 35.6. The SMILES string of the molecule is CCCC(C)(C)C(=O)N1CCC(N(C=[N+](C)CCC(C)(C)CC(=O)C(C)(C)C)CCOC(C)(C)COC(C)(C)CCC(=O)O)CC1. The summed E-state index contributed by atoms with van der Waals surface area (Å²) in [6.45, 7) is 28.3. The molecule has 0 aromatic heterocycles. The molecule has 9 heteroatoms. The second-order valence-corrected chi connectivity index (χ2v) is 17.3. The van der Waals surface area contributed by atoms with Crippen LogP contribution in [0.15, 0.2) is 0 Å². The first-order chi connectivity index (χ1) is 20.9. The minimum absolute atomic E-state index is 0.0667. The molecular weight excluding hydrogens is 582 g/mol. The first-order valence-corrected chi connectivity index (χ1v) is 17.5. The summed E-state index contributed by atoms with van der Waals surface area (Å²) in [6, 6.07) is 0.286. The third-order valence-electron chi connectivity index (χ3n) is 9.23. The molecular formula is C37H70N3O6+. The highest BCUT2D eigenvalue weighted by molar-refractivity contribution is 5.84. The standard InChI is InChI=1S/C37H69N3O6/c1-14-18-35(7,8)32(44)39-21-16-29(17-22-39)40(28-38(13)23-20-34(5,6)26-30(41)33(2,3)4)24-25-45-37(11,12)27-46-36(9,10)19-15-31(42)43/h28-29H,14-27H2,1-13H3/p+1. The molecule has 1 aliphatic heterocycles. The number of nitrogens with zero attached hydrogens (tertiary/aromatic N) is 3. The van der Waals surface area contributed by atoms with E-state index in [1.165, 1.54) is 0 Å². The largest absolute Gasteiger partial charge is 0.481 e. The highest BCUT2D eigenvalue weighted by Crippen LogP contribution is 2.31. The molecule has 0 unspecified atom stereocenters. The van der Waals surface area contributed by atoms with Crippen LogP contribution in [0.25, 0.3) is 0 Å². The van der Waals surface area contributed by atoms with Gasteiger partial charge < -0.3 is 19.5 Å². The molecule has 1 rings (SSSR count). The first kappa shape index (κ1) is 42.0. The molecule has 1 N–H and O–H groups in total. The molecule has 1 saturated heterocycles. The first-order valence-electron chi connectivity index (χ1n) is 17.5. The lowest BCUT2D eigenvalue weighted by molar-refractivity contribution is -0.500. The van der Waals surface area contributed by atoms with E-state index >= 15 is 0 Å². The molecule has 0 aliphatic carbocycles. The number of piperidine rings is 1. The highest BCUT2D eigenvalue weighted by atomic mass is 16.6. The van der Waals surface area contributed by atoms with Crippen molar-refractivity contribution < 1.29 is 33.5 Å². The number of hydrogen-bond acceptors (Lipinski definition) is 5. The summed E-state index contributed by atoms with van der Waals surface area (Å²) in [5.41, 5.74) is -1.86. The predicted octanol–water partition coefficient (Wildman–Crippen LogP) is 6.65. The van der Waals surface area contributed by atoms with Crippen LogP contribution < -0.4 is 0 Å². The van der Waals surface area contributed by atoms with Crippen LogP contribution in [-0.2, 0) is 23.9 Å². The van der Waals surface area contributed by atoms with Crippen molar-refractivity contribution in [1.82, 2.24) is 9.80 Å². The fourth-order valence-electron chi connectivity index (χ4n) is 5.79.